The molecule has 0 saturated heterocycles. The van der Waals surface area contributed by atoms with Crippen LogP contribution in [0.15, 0.2) is 5.38 Å². The minimum absolute atomic E-state index is 0.342. The lowest BCUT2D eigenvalue weighted by Crippen LogP contribution is -2.03. The molecule has 0 bridgehead atoms. The first-order chi connectivity index (χ1) is 7.20. The highest BCUT2D eigenvalue weighted by Crippen LogP contribution is 2.27. The highest BCUT2D eigenvalue weighted by Gasteiger charge is 2.14. The van der Waals surface area contributed by atoms with E-state index in [1.807, 2.05) is 0 Å². The van der Waals surface area contributed by atoms with Gasteiger partial charge in [-0.3, -0.25) is 0 Å². The number of nitrogen functional groups attached to an aromatic ring is 1. The molecule has 0 radical (unpaired) electrons. The van der Waals surface area contributed by atoms with Crippen molar-refractivity contribution >= 4 is 23.0 Å². The van der Waals surface area contributed by atoms with E-state index in [-0.39, 0.29) is 5.97 Å². The van der Waals surface area contributed by atoms with E-state index < -0.39 is 0 Å². The Hall–Kier alpha value is -1.03. The summed E-state index contributed by atoms with van der Waals surface area (Å²) in [5.41, 5.74) is 6.98. The Balaban J connectivity index is 2.67. The van der Waals surface area contributed by atoms with E-state index in [4.69, 9.17) is 5.73 Å². The number of thiophene rings is 1. The average Bonchev–Trinajstić information content (AvgIpc) is 2.60. The largest absolute Gasteiger partial charge is 0.465 e. The van der Waals surface area contributed by atoms with Crippen LogP contribution >= 0.6 is 11.3 Å². The van der Waals surface area contributed by atoms with Crippen LogP contribution < -0.4 is 5.73 Å². The molecule has 0 atom stereocenters. The lowest BCUT2D eigenvalue weighted by molar-refractivity contribution is 0.0602. The molecular weight excluding hydrogens is 210 g/mol. The predicted molar refractivity (Wildman–Crippen MR) is 63.3 cm³/mol. The van der Waals surface area contributed by atoms with Crippen molar-refractivity contribution in [2.45, 2.75) is 32.6 Å². The van der Waals surface area contributed by atoms with Gasteiger partial charge >= 0.3 is 5.97 Å². The first-order valence-corrected chi connectivity index (χ1v) is 6.02. The Morgan fingerprint density at radius 2 is 2.27 bits per heavy atom. The second-order valence-electron chi connectivity index (χ2n) is 3.43. The van der Waals surface area contributed by atoms with Gasteiger partial charge in [0.05, 0.1) is 18.4 Å². The molecule has 0 amide bonds. The number of ether oxygens (including phenoxy) is 1. The standard InChI is InChI=1S/C11H17NO2S/c1-3-4-5-6-9-10(12)8(7-15-9)11(13)14-2/h7H,3-6,12H2,1-2H3. The summed E-state index contributed by atoms with van der Waals surface area (Å²) in [6, 6.07) is 0. The van der Waals surface area contributed by atoms with Crippen molar-refractivity contribution in [1.29, 1.82) is 0 Å². The Morgan fingerprint density at radius 1 is 1.53 bits per heavy atom. The van der Waals surface area contributed by atoms with Gasteiger partial charge in [-0.15, -0.1) is 11.3 Å². The molecule has 1 aromatic heterocycles. The number of hydrogen-bond acceptors (Lipinski definition) is 4. The fourth-order valence-electron chi connectivity index (χ4n) is 1.40. The number of esters is 1. The maximum absolute atomic E-state index is 11.3. The van der Waals surface area contributed by atoms with Gasteiger partial charge in [-0.1, -0.05) is 19.8 Å². The second-order valence-corrected chi connectivity index (χ2v) is 4.40. The summed E-state index contributed by atoms with van der Waals surface area (Å²) in [5, 5.41) is 1.78. The van der Waals surface area contributed by atoms with Crippen molar-refractivity contribution in [3.05, 3.63) is 15.8 Å². The number of rotatable bonds is 5. The van der Waals surface area contributed by atoms with Gasteiger partial charge in [-0.25, -0.2) is 4.79 Å². The van der Waals surface area contributed by atoms with Crippen LogP contribution in [0, 0.1) is 0 Å². The predicted octanol–water partition coefficient (Wildman–Crippen LogP) is 2.85. The number of aryl methyl sites for hydroxylation is 1. The van der Waals surface area contributed by atoms with Crippen LogP contribution in [0.25, 0.3) is 0 Å². The summed E-state index contributed by atoms with van der Waals surface area (Å²) in [6.45, 7) is 2.16. The summed E-state index contributed by atoms with van der Waals surface area (Å²) in [4.78, 5) is 12.4. The topological polar surface area (TPSA) is 52.3 Å². The first kappa shape index (κ1) is 12.0. The van der Waals surface area contributed by atoms with Gasteiger partial charge in [-0.05, 0) is 12.8 Å². The normalized spacial score (nSPS) is 10.3. The molecule has 0 aliphatic rings. The lowest BCUT2D eigenvalue weighted by Gasteiger charge is -2.00. The summed E-state index contributed by atoms with van der Waals surface area (Å²) >= 11 is 1.54. The van der Waals surface area contributed by atoms with Crippen LogP contribution in [-0.2, 0) is 11.2 Å². The van der Waals surface area contributed by atoms with Gasteiger partial charge in [0.25, 0.3) is 0 Å². The molecule has 0 spiro atoms. The third kappa shape index (κ3) is 2.96. The van der Waals surface area contributed by atoms with Crippen molar-refractivity contribution in [3.63, 3.8) is 0 Å². The van der Waals surface area contributed by atoms with Gasteiger partial charge in [0.1, 0.15) is 0 Å². The van der Waals surface area contributed by atoms with E-state index in [0.29, 0.717) is 11.3 Å². The molecule has 15 heavy (non-hydrogen) atoms. The molecule has 4 heteroatoms. The van der Waals surface area contributed by atoms with Crippen LogP contribution in [0.2, 0.25) is 0 Å². The zero-order valence-electron chi connectivity index (χ0n) is 9.21. The quantitative estimate of drug-likeness (QED) is 0.621. The molecular formula is C11H17NO2S. The summed E-state index contributed by atoms with van der Waals surface area (Å²) in [6.07, 6.45) is 4.48. The van der Waals surface area contributed by atoms with Gasteiger partial charge < -0.3 is 10.5 Å². The Labute approximate surface area is 94.2 Å². The smallest absolute Gasteiger partial charge is 0.340 e. The van der Waals surface area contributed by atoms with Crippen molar-refractivity contribution in [2.75, 3.05) is 12.8 Å². The van der Waals surface area contributed by atoms with E-state index in [9.17, 15) is 4.79 Å². The van der Waals surface area contributed by atoms with E-state index in [0.717, 1.165) is 17.7 Å². The summed E-state index contributed by atoms with van der Waals surface area (Å²) in [7, 11) is 1.37. The number of nitrogens with two attached hydrogens (primary N) is 1. The molecule has 84 valence electrons. The summed E-state index contributed by atoms with van der Waals surface area (Å²) < 4.78 is 4.64. The number of methoxy groups -OCH3 is 1. The number of unbranched alkanes of at least 4 members (excludes halogenated alkanes) is 2. The lowest BCUT2D eigenvalue weighted by atomic mass is 10.1. The monoisotopic (exact) mass is 227 g/mol. The molecule has 1 rings (SSSR count). The maximum atomic E-state index is 11.3. The SMILES string of the molecule is CCCCCc1scc(C(=O)OC)c1N. The van der Waals surface area contributed by atoms with Crippen molar-refractivity contribution in [2.24, 2.45) is 0 Å². The molecule has 0 aliphatic heterocycles. The zero-order chi connectivity index (χ0) is 11.3. The molecule has 0 aliphatic carbocycles. The molecule has 0 aromatic carbocycles. The molecule has 3 nitrogen and oxygen atoms in total. The first-order valence-electron chi connectivity index (χ1n) is 5.14. The summed E-state index contributed by atoms with van der Waals surface area (Å²) in [5.74, 6) is -0.342. The van der Waals surface area contributed by atoms with Crippen LogP contribution in [0.4, 0.5) is 5.69 Å². The van der Waals surface area contributed by atoms with Crippen molar-refractivity contribution in [1.82, 2.24) is 0 Å². The molecule has 2 N–H and O–H groups in total. The third-order valence-corrected chi connectivity index (χ3v) is 3.38. The minimum atomic E-state index is -0.342. The second kappa shape index (κ2) is 5.75. The van der Waals surface area contributed by atoms with Crippen LogP contribution in [0.5, 0.6) is 0 Å². The Bertz CT molecular complexity index is 333. The van der Waals surface area contributed by atoms with Gasteiger partial charge in [0.2, 0.25) is 0 Å². The van der Waals surface area contributed by atoms with Crippen LogP contribution in [0.1, 0.15) is 41.4 Å². The van der Waals surface area contributed by atoms with Crippen molar-refractivity contribution in [3.8, 4) is 0 Å². The van der Waals surface area contributed by atoms with Gasteiger partial charge in [0.15, 0.2) is 0 Å². The van der Waals surface area contributed by atoms with E-state index in [2.05, 4.69) is 11.7 Å². The fourth-order valence-corrected chi connectivity index (χ4v) is 2.39. The zero-order valence-corrected chi connectivity index (χ0v) is 10.0. The fraction of sp³-hybridized carbons (Fsp3) is 0.545. The average molecular weight is 227 g/mol. The van der Waals surface area contributed by atoms with Crippen LogP contribution in [-0.4, -0.2) is 13.1 Å². The van der Waals surface area contributed by atoms with Crippen molar-refractivity contribution < 1.29 is 9.53 Å². The molecule has 0 fully saturated rings. The number of hydrogen-bond donors (Lipinski definition) is 1. The highest BCUT2D eigenvalue weighted by molar-refractivity contribution is 7.10. The van der Waals surface area contributed by atoms with E-state index >= 15 is 0 Å². The van der Waals surface area contributed by atoms with E-state index in [1.54, 1.807) is 16.7 Å². The van der Waals surface area contributed by atoms with Crippen LogP contribution in [0.3, 0.4) is 0 Å². The Kier molecular flexibility index (Phi) is 4.62. The number of carbonyl (C=O) groups excluding carboxylic acids is 1. The highest BCUT2D eigenvalue weighted by atomic mass is 32.1. The molecule has 0 saturated carbocycles. The molecule has 1 aromatic rings. The molecule has 1 heterocycles. The number of carbonyl (C=O) groups is 1. The van der Waals surface area contributed by atoms with Gasteiger partial charge in [-0.2, -0.15) is 0 Å². The Morgan fingerprint density at radius 3 is 2.87 bits per heavy atom. The van der Waals surface area contributed by atoms with E-state index in [1.165, 1.54) is 20.0 Å². The third-order valence-electron chi connectivity index (χ3n) is 2.32. The minimum Gasteiger partial charge on any atom is -0.465 e. The van der Waals surface area contributed by atoms with Gasteiger partial charge in [0, 0.05) is 10.3 Å². The maximum Gasteiger partial charge on any atom is 0.340 e. The molecule has 0 unspecified atom stereocenters. The number of anilines is 1.